The zero-order valence-electron chi connectivity index (χ0n) is 12.1. The van der Waals surface area contributed by atoms with Crippen LogP contribution in [0.2, 0.25) is 0 Å². The quantitative estimate of drug-likeness (QED) is 0.880. The van der Waals surface area contributed by atoms with Crippen LogP contribution in [0.1, 0.15) is 24.5 Å². The van der Waals surface area contributed by atoms with E-state index in [4.69, 9.17) is 15.2 Å². The van der Waals surface area contributed by atoms with Crippen molar-refractivity contribution in [1.82, 2.24) is 4.90 Å². The van der Waals surface area contributed by atoms with Gasteiger partial charge in [0.1, 0.15) is 5.75 Å². The Morgan fingerprint density at radius 2 is 2.26 bits per heavy atom. The SMILES string of the molecule is COc1cc(CN(C)C2CCOC2C)ccc1CN. The minimum absolute atomic E-state index is 0.315. The maximum Gasteiger partial charge on any atom is 0.123 e. The molecule has 2 unspecified atom stereocenters. The van der Waals surface area contributed by atoms with Crippen LogP contribution in [0.4, 0.5) is 0 Å². The van der Waals surface area contributed by atoms with Gasteiger partial charge in [-0.15, -0.1) is 0 Å². The van der Waals surface area contributed by atoms with Gasteiger partial charge in [0.25, 0.3) is 0 Å². The number of hydrogen-bond acceptors (Lipinski definition) is 4. The van der Waals surface area contributed by atoms with Gasteiger partial charge in [0.05, 0.1) is 13.2 Å². The molecule has 2 rings (SSSR count). The number of methoxy groups -OCH3 is 1. The van der Waals surface area contributed by atoms with Gasteiger partial charge >= 0.3 is 0 Å². The highest BCUT2D eigenvalue weighted by Crippen LogP contribution is 2.23. The molecule has 0 spiro atoms. The number of benzene rings is 1. The molecule has 106 valence electrons. The number of hydrogen-bond donors (Lipinski definition) is 1. The Bertz CT molecular complexity index is 423. The summed E-state index contributed by atoms with van der Waals surface area (Å²) < 4.78 is 11.0. The summed E-state index contributed by atoms with van der Waals surface area (Å²) in [6.45, 7) is 4.42. The summed E-state index contributed by atoms with van der Waals surface area (Å²) in [4.78, 5) is 2.36. The Balaban J connectivity index is 2.06. The van der Waals surface area contributed by atoms with E-state index in [1.165, 1.54) is 5.56 Å². The summed E-state index contributed by atoms with van der Waals surface area (Å²) in [5.74, 6) is 0.879. The van der Waals surface area contributed by atoms with Gasteiger partial charge in [-0.05, 0) is 32.0 Å². The molecule has 0 bridgehead atoms. The largest absolute Gasteiger partial charge is 0.496 e. The number of ether oxygens (including phenoxy) is 2. The molecular formula is C15H24N2O2. The van der Waals surface area contributed by atoms with Crippen LogP contribution in [-0.2, 0) is 17.8 Å². The van der Waals surface area contributed by atoms with Gasteiger partial charge in [-0.1, -0.05) is 12.1 Å². The average molecular weight is 264 g/mol. The van der Waals surface area contributed by atoms with Gasteiger partial charge in [0.15, 0.2) is 0 Å². The van der Waals surface area contributed by atoms with E-state index in [-0.39, 0.29) is 0 Å². The molecule has 0 aromatic heterocycles. The molecule has 1 aliphatic rings. The molecule has 1 aliphatic heterocycles. The molecule has 2 atom stereocenters. The first kappa shape index (κ1) is 14.3. The molecule has 4 heteroatoms. The van der Waals surface area contributed by atoms with Crippen molar-refractivity contribution in [3.63, 3.8) is 0 Å². The predicted octanol–water partition coefficient (Wildman–Crippen LogP) is 1.76. The van der Waals surface area contributed by atoms with Crippen molar-refractivity contribution in [2.24, 2.45) is 5.73 Å². The molecule has 1 aromatic carbocycles. The summed E-state index contributed by atoms with van der Waals surface area (Å²) in [6, 6.07) is 6.76. The van der Waals surface area contributed by atoms with Gasteiger partial charge in [0, 0.05) is 31.3 Å². The summed E-state index contributed by atoms with van der Waals surface area (Å²) >= 11 is 0. The highest BCUT2D eigenvalue weighted by atomic mass is 16.5. The third-order valence-electron chi connectivity index (χ3n) is 3.91. The first-order valence-electron chi connectivity index (χ1n) is 6.83. The Morgan fingerprint density at radius 1 is 1.47 bits per heavy atom. The summed E-state index contributed by atoms with van der Waals surface area (Å²) in [7, 11) is 3.84. The van der Waals surface area contributed by atoms with Crippen molar-refractivity contribution in [1.29, 1.82) is 0 Å². The molecule has 0 saturated carbocycles. The standard InChI is InChI=1S/C15H24N2O2/c1-11-14(6-7-19-11)17(2)10-12-4-5-13(9-16)15(8-12)18-3/h4-5,8,11,14H,6-7,9-10,16H2,1-3H3. The lowest BCUT2D eigenvalue weighted by atomic mass is 10.1. The zero-order valence-corrected chi connectivity index (χ0v) is 12.1. The second-order valence-electron chi connectivity index (χ2n) is 5.20. The van der Waals surface area contributed by atoms with E-state index >= 15 is 0 Å². The Labute approximate surface area is 115 Å². The van der Waals surface area contributed by atoms with Crippen molar-refractivity contribution in [2.75, 3.05) is 20.8 Å². The van der Waals surface area contributed by atoms with Crippen LogP contribution in [0.25, 0.3) is 0 Å². The lowest BCUT2D eigenvalue weighted by Crippen LogP contribution is -2.36. The van der Waals surface area contributed by atoms with Crippen molar-refractivity contribution >= 4 is 0 Å². The van der Waals surface area contributed by atoms with Gasteiger partial charge in [-0.3, -0.25) is 4.90 Å². The van der Waals surface area contributed by atoms with E-state index < -0.39 is 0 Å². The molecule has 1 fully saturated rings. The minimum Gasteiger partial charge on any atom is -0.496 e. The number of likely N-dealkylation sites (N-methyl/N-ethyl adjacent to an activating group) is 1. The first-order valence-corrected chi connectivity index (χ1v) is 6.83. The fourth-order valence-electron chi connectivity index (χ4n) is 2.76. The van der Waals surface area contributed by atoms with Crippen LogP contribution < -0.4 is 10.5 Å². The Kier molecular flexibility index (Phi) is 4.80. The average Bonchev–Trinajstić information content (AvgIpc) is 2.85. The van der Waals surface area contributed by atoms with E-state index in [1.807, 2.05) is 0 Å². The molecule has 1 saturated heterocycles. The molecular weight excluding hydrogens is 240 g/mol. The second kappa shape index (κ2) is 6.37. The van der Waals surface area contributed by atoms with Gasteiger partial charge in [-0.2, -0.15) is 0 Å². The highest BCUT2D eigenvalue weighted by Gasteiger charge is 2.27. The van der Waals surface area contributed by atoms with Crippen LogP contribution in [0, 0.1) is 0 Å². The van der Waals surface area contributed by atoms with Crippen LogP contribution >= 0.6 is 0 Å². The van der Waals surface area contributed by atoms with Crippen molar-refractivity contribution in [2.45, 2.75) is 38.6 Å². The Morgan fingerprint density at radius 3 is 2.84 bits per heavy atom. The maximum absolute atomic E-state index is 5.69. The van der Waals surface area contributed by atoms with Crippen LogP contribution in [0.5, 0.6) is 5.75 Å². The van der Waals surface area contributed by atoms with Crippen molar-refractivity contribution in [3.8, 4) is 5.75 Å². The topological polar surface area (TPSA) is 47.7 Å². The molecule has 0 aliphatic carbocycles. The monoisotopic (exact) mass is 264 g/mol. The van der Waals surface area contributed by atoms with Gasteiger partial charge in [0.2, 0.25) is 0 Å². The van der Waals surface area contributed by atoms with E-state index in [2.05, 4.69) is 37.1 Å². The zero-order chi connectivity index (χ0) is 13.8. The number of nitrogens with two attached hydrogens (primary N) is 1. The van der Waals surface area contributed by atoms with Gasteiger partial charge < -0.3 is 15.2 Å². The Hall–Kier alpha value is -1.10. The number of nitrogens with zero attached hydrogens (tertiary/aromatic N) is 1. The molecule has 2 N–H and O–H groups in total. The highest BCUT2D eigenvalue weighted by molar-refractivity contribution is 5.37. The van der Waals surface area contributed by atoms with E-state index in [0.29, 0.717) is 18.7 Å². The molecule has 4 nitrogen and oxygen atoms in total. The molecule has 19 heavy (non-hydrogen) atoms. The summed E-state index contributed by atoms with van der Waals surface area (Å²) in [6.07, 6.45) is 1.42. The summed E-state index contributed by atoms with van der Waals surface area (Å²) in [5.41, 5.74) is 7.98. The first-order chi connectivity index (χ1) is 9.15. The maximum atomic E-state index is 5.69. The molecule has 0 amide bonds. The number of rotatable bonds is 5. The molecule has 1 heterocycles. The smallest absolute Gasteiger partial charge is 0.123 e. The van der Waals surface area contributed by atoms with Crippen molar-refractivity contribution < 1.29 is 9.47 Å². The summed E-state index contributed by atoms with van der Waals surface area (Å²) in [5, 5.41) is 0. The van der Waals surface area contributed by atoms with Crippen LogP contribution in [0.15, 0.2) is 18.2 Å². The molecule has 1 aromatic rings. The lowest BCUT2D eigenvalue weighted by molar-refractivity contribution is 0.0814. The fourth-order valence-corrected chi connectivity index (χ4v) is 2.76. The van der Waals surface area contributed by atoms with E-state index in [1.54, 1.807) is 7.11 Å². The third kappa shape index (κ3) is 3.26. The van der Waals surface area contributed by atoms with Crippen LogP contribution in [0.3, 0.4) is 0 Å². The van der Waals surface area contributed by atoms with Crippen LogP contribution in [-0.4, -0.2) is 37.8 Å². The van der Waals surface area contributed by atoms with Gasteiger partial charge in [-0.25, -0.2) is 0 Å². The van der Waals surface area contributed by atoms with E-state index in [0.717, 1.165) is 30.9 Å². The fraction of sp³-hybridized carbons (Fsp3) is 0.600. The second-order valence-corrected chi connectivity index (χ2v) is 5.20. The third-order valence-corrected chi connectivity index (χ3v) is 3.91. The predicted molar refractivity (Wildman–Crippen MR) is 76.2 cm³/mol. The lowest BCUT2D eigenvalue weighted by Gasteiger charge is -2.26. The molecule has 0 radical (unpaired) electrons. The normalized spacial score (nSPS) is 23.0. The van der Waals surface area contributed by atoms with E-state index in [9.17, 15) is 0 Å². The minimum atomic E-state index is 0.315. The van der Waals surface area contributed by atoms with Crippen molar-refractivity contribution in [3.05, 3.63) is 29.3 Å².